The number of nitrogens with one attached hydrogen (secondary N) is 1. The molecule has 0 aliphatic heterocycles. The SMILES string of the molecule is CCCCCCc1ccc(S(=O)(=O)Nc2ccccc2)cc1. The summed E-state index contributed by atoms with van der Waals surface area (Å²) in [5, 5.41) is 0. The Morgan fingerprint density at radius 3 is 2.18 bits per heavy atom. The molecule has 22 heavy (non-hydrogen) atoms. The molecule has 4 heteroatoms. The van der Waals surface area contributed by atoms with Gasteiger partial charge in [-0.1, -0.05) is 56.5 Å². The van der Waals surface area contributed by atoms with Gasteiger partial charge in [-0.25, -0.2) is 8.42 Å². The van der Waals surface area contributed by atoms with E-state index >= 15 is 0 Å². The Labute approximate surface area is 133 Å². The predicted molar refractivity (Wildman–Crippen MR) is 91.5 cm³/mol. The molecule has 1 N–H and O–H groups in total. The standard InChI is InChI=1S/C18H23NO2S/c1-2-3-4-6-9-16-12-14-18(15-13-16)22(20,21)19-17-10-7-5-8-11-17/h5,7-8,10-15,19H,2-4,6,9H2,1H3. The Morgan fingerprint density at radius 2 is 1.55 bits per heavy atom. The molecule has 0 atom stereocenters. The molecular weight excluding hydrogens is 294 g/mol. The van der Waals surface area contributed by atoms with Crippen molar-refractivity contribution >= 4 is 15.7 Å². The summed E-state index contributed by atoms with van der Waals surface area (Å²) in [5.74, 6) is 0. The second kappa shape index (κ2) is 7.99. The maximum atomic E-state index is 12.3. The predicted octanol–water partition coefficient (Wildman–Crippen LogP) is 4.61. The third kappa shape index (κ3) is 4.88. The van der Waals surface area contributed by atoms with Crippen molar-refractivity contribution in [2.24, 2.45) is 0 Å². The monoisotopic (exact) mass is 317 g/mol. The quantitative estimate of drug-likeness (QED) is 0.723. The number of sulfonamides is 1. The van der Waals surface area contributed by atoms with Crippen LogP contribution in [-0.2, 0) is 16.4 Å². The molecule has 0 saturated carbocycles. The number of anilines is 1. The molecule has 0 amide bonds. The minimum Gasteiger partial charge on any atom is -0.280 e. The van der Waals surface area contributed by atoms with Gasteiger partial charge in [0.2, 0.25) is 0 Å². The van der Waals surface area contributed by atoms with Crippen molar-refractivity contribution in [3.8, 4) is 0 Å². The largest absolute Gasteiger partial charge is 0.280 e. The second-order valence-electron chi connectivity index (χ2n) is 5.43. The lowest BCUT2D eigenvalue weighted by molar-refractivity contribution is 0.601. The number of para-hydroxylation sites is 1. The number of aryl methyl sites for hydroxylation is 1. The van der Waals surface area contributed by atoms with Crippen LogP contribution in [0.5, 0.6) is 0 Å². The molecule has 0 aliphatic rings. The van der Waals surface area contributed by atoms with Crippen molar-refractivity contribution in [1.82, 2.24) is 0 Å². The van der Waals surface area contributed by atoms with Gasteiger partial charge in [-0.15, -0.1) is 0 Å². The van der Waals surface area contributed by atoms with Crippen molar-refractivity contribution < 1.29 is 8.42 Å². The van der Waals surface area contributed by atoms with E-state index < -0.39 is 10.0 Å². The zero-order valence-corrected chi connectivity index (χ0v) is 13.8. The van der Waals surface area contributed by atoms with Crippen LogP contribution in [0.2, 0.25) is 0 Å². The maximum absolute atomic E-state index is 12.3. The second-order valence-corrected chi connectivity index (χ2v) is 7.11. The van der Waals surface area contributed by atoms with Gasteiger partial charge in [0.05, 0.1) is 4.90 Å². The smallest absolute Gasteiger partial charge is 0.261 e. The molecule has 2 aromatic rings. The Balaban J connectivity index is 1.99. The van der Waals surface area contributed by atoms with Crippen LogP contribution in [0.15, 0.2) is 59.5 Å². The van der Waals surface area contributed by atoms with E-state index in [1.807, 2.05) is 18.2 Å². The summed E-state index contributed by atoms with van der Waals surface area (Å²) in [7, 11) is -3.51. The fraction of sp³-hybridized carbons (Fsp3) is 0.333. The fourth-order valence-corrected chi connectivity index (χ4v) is 3.37. The van der Waals surface area contributed by atoms with Gasteiger partial charge in [-0.2, -0.15) is 0 Å². The molecule has 0 aromatic heterocycles. The van der Waals surface area contributed by atoms with Gasteiger partial charge in [0.25, 0.3) is 10.0 Å². The summed E-state index contributed by atoms with van der Waals surface area (Å²) in [5.41, 5.74) is 1.76. The highest BCUT2D eigenvalue weighted by Gasteiger charge is 2.13. The van der Waals surface area contributed by atoms with Gasteiger partial charge in [-0.05, 0) is 42.7 Å². The summed E-state index contributed by atoms with van der Waals surface area (Å²) in [6.07, 6.45) is 5.87. The highest BCUT2D eigenvalue weighted by Crippen LogP contribution is 2.17. The molecule has 2 rings (SSSR count). The van der Waals surface area contributed by atoms with Gasteiger partial charge in [0, 0.05) is 5.69 Å². The van der Waals surface area contributed by atoms with E-state index in [1.165, 1.54) is 24.8 Å². The van der Waals surface area contributed by atoms with Crippen LogP contribution >= 0.6 is 0 Å². The fourth-order valence-electron chi connectivity index (χ4n) is 2.31. The molecule has 0 spiro atoms. The molecule has 0 radical (unpaired) electrons. The Morgan fingerprint density at radius 1 is 0.864 bits per heavy atom. The third-order valence-electron chi connectivity index (χ3n) is 3.58. The van der Waals surface area contributed by atoms with Gasteiger partial charge >= 0.3 is 0 Å². The summed E-state index contributed by atoms with van der Waals surface area (Å²) in [6.45, 7) is 2.19. The number of rotatable bonds is 8. The van der Waals surface area contributed by atoms with E-state index in [9.17, 15) is 8.42 Å². The number of hydrogen-bond acceptors (Lipinski definition) is 2. The van der Waals surface area contributed by atoms with Crippen LogP contribution in [0.25, 0.3) is 0 Å². The molecule has 3 nitrogen and oxygen atoms in total. The first-order chi connectivity index (χ1) is 10.6. The van der Waals surface area contributed by atoms with Crippen molar-refractivity contribution in [2.75, 3.05) is 4.72 Å². The minimum atomic E-state index is -3.51. The zero-order valence-electron chi connectivity index (χ0n) is 13.0. The normalized spacial score (nSPS) is 11.3. The number of hydrogen-bond donors (Lipinski definition) is 1. The van der Waals surface area contributed by atoms with Crippen LogP contribution < -0.4 is 4.72 Å². The van der Waals surface area contributed by atoms with Crippen LogP contribution in [0.4, 0.5) is 5.69 Å². The van der Waals surface area contributed by atoms with Gasteiger partial charge in [-0.3, -0.25) is 4.72 Å². The van der Waals surface area contributed by atoms with Crippen molar-refractivity contribution in [3.63, 3.8) is 0 Å². The first-order valence-corrected chi connectivity index (χ1v) is 9.27. The molecule has 0 saturated heterocycles. The highest BCUT2D eigenvalue weighted by atomic mass is 32.2. The van der Waals surface area contributed by atoms with Gasteiger partial charge in [0.15, 0.2) is 0 Å². The lowest BCUT2D eigenvalue weighted by Crippen LogP contribution is -2.12. The van der Waals surface area contributed by atoms with E-state index in [0.717, 1.165) is 12.8 Å². The Hall–Kier alpha value is -1.81. The van der Waals surface area contributed by atoms with E-state index in [2.05, 4.69) is 11.6 Å². The molecule has 0 unspecified atom stereocenters. The van der Waals surface area contributed by atoms with Crippen LogP contribution in [0.1, 0.15) is 38.2 Å². The molecule has 0 bridgehead atoms. The van der Waals surface area contributed by atoms with Crippen LogP contribution in [0, 0.1) is 0 Å². The molecule has 2 aromatic carbocycles. The lowest BCUT2D eigenvalue weighted by atomic mass is 10.1. The molecule has 0 aliphatic carbocycles. The topological polar surface area (TPSA) is 46.2 Å². The van der Waals surface area contributed by atoms with E-state index in [-0.39, 0.29) is 0 Å². The van der Waals surface area contributed by atoms with Crippen molar-refractivity contribution in [2.45, 2.75) is 43.9 Å². The molecule has 0 fully saturated rings. The summed E-state index contributed by atoms with van der Waals surface area (Å²) >= 11 is 0. The number of benzene rings is 2. The third-order valence-corrected chi connectivity index (χ3v) is 4.98. The summed E-state index contributed by atoms with van der Waals surface area (Å²) in [6, 6.07) is 16.1. The van der Waals surface area contributed by atoms with E-state index in [1.54, 1.807) is 36.4 Å². The summed E-state index contributed by atoms with van der Waals surface area (Å²) in [4.78, 5) is 0.300. The minimum absolute atomic E-state index is 0.300. The lowest BCUT2D eigenvalue weighted by Gasteiger charge is -2.08. The Bertz CT molecular complexity index is 664. The molecular formula is C18H23NO2S. The molecule has 118 valence electrons. The maximum Gasteiger partial charge on any atom is 0.261 e. The number of unbranched alkanes of at least 4 members (excludes halogenated alkanes) is 3. The van der Waals surface area contributed by atoms with Crippen molar-refractivity contribution in [3.05, 3.63) is 60.2 Å². The van der Waals surface area contributed by atoms with E-state index in [0.29, 0.717) is 10.6 Å². The first-order valence-electron chi connectivity index (χ1n) is 7.78. The van der Waals surface area contributed by atoms with E-state index in [4.69, 9.17) is 0 Å². The highest BCUT2D eigenvalue weighted by molar-refractivity contribution is 7.92. The van der Waals surface area contributed by atoms with Gasteiger partial charge < -0.3 is 0 Å². The average molecular weight is 317 g/mol. The molecule has 0 heterocycles. The van der Waals surface area contributed by atoms with Crippen molar-refractivity contribution in [1.29, 1.82) is 0 Å². The van der Waals surface area contributed by atoms with Crippen LogP contribution in [0.3, 0.4) is 0 Å². The zero-order chi connectivity index (χ0) is 15.8. The van der Waals surface area contributed by atoms with Crippen LogP contribution in [-0.4, -0.2) is 8.42 Å². The Kier molecular flexibility index (Phi) is 6.01. The first kappa shape index (κ1) is 16.6. The average Bonchev–Trinajstić information content (AvgIpc) is 2.53. The summed E-state index contributed by atoms with van der Waals surface area (Å²) < 4.78 is 27.2. The van der Waals surface area contributed by atoms with Gasteiger partial charge in [0.1, 0.15) is 0 Å².